The van der Waals surface area contributed by atoms with Crippen molar-refractivity contribution in [2.75, 3.05) is 5.32 Å². The van der Waals surface area contributed by atoms with Gasteiger partial charge in [0.25, 0.3) is 5.91 Å². The third-order valence-corrected chi connectivity index (χ3v) is 4.14. The molecule has 0 atom stereocenters. The van der Waals surface area contributed by atoms with Gasteiger partial charge in [0.15, 0.2) is 0 Å². The van der Waals surface area contributed by atoms with Crippen LogP contribution in [0.25, 0.3) is 5.69 Å². The van der Waals surface area contributed by atoms with E-state index in [1.165, 1.54) is 24.5 Å². The second-order valence-corrected chi connectivity index (χ2v) is 6.48. The zero-order valence-corrected chi connectivity index (χ0v) is 13.1. The summed E-state index contributed by atoms with van der Waals surface area (Å²) in [5.41, 5.74) is 1.52. The molecule has 0 saturated carbocycles. The van der Waals surface area contributed by atoms with Crippen LogP contribution in [0.3, 0.4) is 0 Å². The lowest BCUT2D eigenvalue weighted by atomic mass is 10.2. The minimum atomic E-state index is -3.82. The smallest absolute Gasteiger partial charge is 0.255 e. The minimum Gasteiger partial charge on any atom is -0.322 e. The summed E-state index contributed by atoms with van der Waals surface area (Å²) in [7, 11) is -3.82. The molecule has 3 rings (SSSR count). The first kappa shape index (κ1) is 15.8. The van der Waals surface area contributed by atoms with Crippen LogP contribution in [0.15, 0.2) is 66.1 Å². The van der Waals surface area contributed by atoms with E-state index in [1.54, 1.807) is 41.3 Å². The van der Waals surface area contributed by atoms with Gasteiger partial charge in [0.1, 0.15) is 12.7 Å². The van der Waals surface area contributed by atoms with E-state index < -0.39 is 10.0 Å². The van der Waals surface area contributed by atoms with Crippen molar-refractivity contribution >= 4 is 21.6 Å². The number of nitrogens with one attached hydrogen (secondary N) is 1. The van der Waals surface area contributed by atoms with Gasteiger partial charge in [0, 0.05) is 11.3 Å². The molecule has 2 aromatic carbocycles. The van der Waals surface area contributed by atoms with Crippen LogP contribution in [-0.2, 0) is 10.0 Å². The van der Waals surface area contributed by atoms with Crippen LogP contribution in [0.1, 0.15) is 10.4 Å². The van der Waals surface area contributed by atoms with Gasteiger partial charge in [-0.2, -0.15) is 5.10 Å². The molecule has 8 nitrogen and oxygen atoms in total. The van der Waals surface area contributed by atoms with E-state index in [4.69, 9.17) is 5.14 Å². The first-order valence-electron chi connectivity index (χ1n) is 6.83. The fourth-order valence-corrected chi connectivity index (χ4v) is 2.62. The lowest BCUT2D eigenvalue weighted by Crippen LogP contribution is -2.14. The van der Waals surface area contributed by atoms with Crippen molar-refractivity contribution < 1.29 is 13.2 Å². The maximum absolute atomic E-state index is 12.2. The molecule has 24 heavy (non-hydrogen) atoms. The molecule has 0 radical (unpaired) electrons. The van der Waals surface area contributed by atoms with Crippen LogP contribution in [-0.4, -0.2) is 29.1 Å². The zero-order valence-electron chi connectivity index (χ0n) is 12.3. The molecule has 3 N–H and O–H groups in total. The van der Waals surface area contributed by atoms with Crippen LogP contribution in [0.4, 0.5) is 5.69 Å². The van der Waals surface area contributed by atoms with Gasteiger partial charge in [-0.25, -0.2) is 23.2 Å². The van der Waals surface area contributed by atoms with Gasteiger partial charge in [-0.3, -0.25) is 4.79 Å². The standard InChI is InChI=1S/C15H13N5O3S/c16-24(22,23)14-3-1-2-12(8-14)19-15(21)11-4-6-13(7-5-11)20-10-17-9-18-20/h1-10H,(H,19,21)(H2,16,22,23). The second-order valence-electron chi connectivity index (χ2n) is 4.91. The topological polar surface area (TPSA) is 120 Å². The molecular weight excluding hydrogens is 330 g/mol. The molecule has 0 aliphatic rings. The monoisotopic (exact) mass is 343 g/mol. The number of hydrogen-bond acceptors (Lipinski definition) is 5. The summed E-state index contributed by atoms with van der Waals surface area (Å²) in [6.07, 6.45) is 2.97. The highest BCUT2D eigenvalue weighted by atomic mass is 32.2. The quantitative estimate of drug-likeness (QED) is 0.737. The fourth-order valence-electron chi connectivity index (χ4n) is 2.06. The van der Waals surface area contributed by atoms with E-state index in [9.17, 15) is 13.2 Å². The van der Waals surface area contributed by atoms with Gasteiger partial charge in [-0.05, 0) is 42.5 Å². The van der Waals surface area contributed by atoms with Crippen LogP contribution in [0.2, 0.25) is 0 Å². The summed E-state index contributed by atoms with van der Waals surface area (Å²) in [6, 6.07) is 12.5. The van der Waals surface area contributed by atoms with Crippen molar-refractivity contribution in [2.24, 2.45) is 5.14 Å². The summed E-state index contributed by atoms with van der Waals surface area (Å²) >= 11 is 0. The van der Waals surface area contributed by atoms with Crippen LogP contribution < -0.4 is 10.5 Å². The normalized spacial score (nSPS) is 11.2. The number of carbonyl (C=O) groups is 1. The van der Waals surface area contributed by atoms with E-state index in [0.29, 0.717) is 11.3 Å². The summed E-state index contributed by atoms with van der Waals surface area (Å²) < 4.78 is 24.3. The Balaban J connectivity index is 1.78. The number of aromatic nitrogens is 3. The van der Waals surface area contributed by atoms with Crippen molar-refractivity contribution in [1.82, 2.24) is 14.8 Å². The highest BCUT2D eigenvalue weighted by Gasteiger charge is 2.11. The number of anilines is 1. The molecule has 0 spiro atoms. The Bertz CT molecular complexity index is 967. The van der Waals surface area contributed by atoms with Crippen molar-refractivity contribution in [3.05, 3.63) is 66.7 Å². The number of sulfonamides is 1. The summed E-state index contributed by atoms with van der Waals surface area (Å²) in [4.78, 5) is 16.0. The van der Waals surface area contributed by atoms with Gasteiger partial charge in [-0.15, -0.1) is 0 Å². The second kappa shape index (κ2) is 6.22. The molecule has 0 unspecified atom stereocenters. The number of hydrogen-bond donors (Lipinski definition) is 2. The number of amides is 1. The van der Waals surface area contributed by atoms with Gasteiger partial charge in [0.05, 0.1) is 10.6 Å². The number of carbonyl (C=O) groups excluding carboxylic acids is 1. The van der Waals surface area contributed by atoms with E-state index >= 15 is 0 Å². The van der Waals surface area contributed by atoms with Crippen molar-refractivity contribution in [3.63, 3.8) is 0 Å². The molecule has 0 saturated heterocycles. The van der Waals surface area contributed by atoms with Crippen LogP contribution in [0, 0.1) is 0 Å². The van der Waals surface area contributed by atoms with E-state index in [1.807, 2.05) is 0 Å². The molecule has 9 heteroatoms. The SMILES string of the molecule is NS(=O)(=O)c1cccc(NC(=O)c2ccc(-n3cncn3)cc2)c1. The summed E-state index contributed by atoms with van der Waals surface area (Å²) in [5, 5.41) is 11.7. The molecule has 0 bridgehead atoms. The number of benzene rings is 2. The molecule has 0 aliphatic heterocycles. The maximum Gasteiger partial charge on any atom is 0.255 e. The lowest BCUT2D eigenvalue weighted by molar-refractivity contribution is 0.102. The maximum atomic E-state index is 12.2. The Labute approximate surface area is 138 Å². The molecule has 0 aliphatic carbocycles. The molecule has 1 heterocycles. The number of nitrogens with two attached hydrogens (primary N) is 1. The van der Waals surface area contributed by atoms with Gasteiger partial charge >= 0.3 is 0 Å². The Hall–Kier alpha value is -3.04. The summed E-state index contributed by atoms with van der Waals surface area (Å²) in [6.45, 7) is 0. The molecule has 122 valence electrons. The van der Waals surface area contributed by atoms with Crippen molar-refractivity contribution in [2.45, 2.75) is 4.90 Å². The Morgan fingerprint density at radius 2 is 1.88 bits per heavy atom. The van der Waals surface area contributed by atoms with Crippen molar-refractivity contribution in [1.29, 1.82) is 0 Å². The summed E-state index contributed by atoms with van der Waals surface area (Å²) in [5.74, 6) is -0.369. The zero-order chi connectivity index (χ0) is 17.2. The number of nitrogens with zero attached hydrogens (tertiary/aromatic N) is 3. The Kier molecular flexibility index (Phi) is 4.11. The van der Waals surface area contributed by atoms with Gasteiger partial charge in [-0.1, -0.05) is 6.07 Å². The fraction of sp³-hybridized carbons (Fsp3) is 0. The predicted octanol–water partition coefficient (Wildman–Crippen LogP) is 1.17. The van der Waals surface area contributed by atoms with E-state index in [-0.39, 0.29) is 10.8 Å². The molecule has 1 amide bonds. The first-order valence-corrected chi connectivity index (χ1v) is 8.37. The van der Waals surface area contributed by atoms with E-state index in [2.05, 4.69) is 15.4 Å². The van der Waals surface area contributed by atoms with E-state index in [0.717, 1.165) is 5.69 Å². The minimum absolute atomic E-state index is 0.0677. The van der Waals surface area contributed by atoms with Gasteiger partial charge < -0.3 is 5.32 Å². The van der Waals surface area contributed by atoms with Crippen LogP contribution >= 0.6 is 0 Å². The third-order valence-electron chi connectivity index (χ3n) is 3.23. The molecule has 1 aromatic heterocycles. The highest BCUT2D eigenvalue weighted by Crippen LogP contribution is 2.16. The largest absolute Gasteiger partial charge is 0.322 e. The van der Waals surface area contributed by atoms with Crippen LogP contribution in [0.5, 0.6) is 0 Å². The molecular formula is C15H13N5O3S. The highest BCUT2D eigenvalue weighted by molar-refractivity contribution is 7.89. The average Bonchev–Trinajstić information content (AvgIpc) is 3.09. The molecule has 3 aromatic rings. The average molecular weight is 343 g/mol. The Morgan fingerprint density at radius 1 is 1.12 bits per heavy atom. The Morgan fingerprint density at radius 3 is 2.50 bits per heavy atom. The van der Waals surface area contributed by atoms with Gasteiger partial charge in [0.2, 0.25) is 10.0 Å². The molecule has 0 fully saturated rings. The lowest BCUT2D eigenvalue weighted by Gasteiger charge is -2.07. The third kappa shape index (κ3) is 3.47. The first-order chi connectivity index (χ1) is 11.4. The van der Waals surface area contributed by atoms with Crippen molar-refractivity contribution in [3.8, 4) is 5.69 Å². The number of primary sulfonamides is 1. The number of rotatable bonds is 4. The predicted molar refractivity (Wildman–Crippen MR) is 87.1 cm³/mol.